The van der Waals surface area contributed by atoms with Gasteiger partial charge in [0.1, 0.15) is 0 Å². The van der Waals surface area contributed by atoms with Crippen molar-refractivity contribution in [2.45, 2.75) is 37.4 Å². The van der Waals surface area contributed by atoms with Gasteiger partial charge < -0.3 is 19.3 Å². The maximum atomic E-state index is 13.6. The number of anilines is 2. The highest BCUT2D eigenvalue weighted by Gasteiger charge is 2.57. The van der Waals surface area contributed by atoms with Gasteiger partial charge in [0.2, 0.25) is 10.0 Å². The summed E-state index contributed by atoms with van der Waals surface area (Å²) in [6.07, 6.45) is 2.21. The second-order valence-corrected chi connectivity index (χ2v) is 11.9. The summed E-state index contributed by atoms with van der Waals surface area (Å²) >= 11 is 0. The number of sulfonamides is 1. The zero-order chi connectivity index (χ0) is 24.4. The Balaban J connectivity index is 1.25. The van der Waals surface area contributed by atoms with Gasteiger partial charge in [-0.15, -0.1) is 0 Å². The molecule has 9 heteroatoms. The third-order valence-electron chi connectivity index (χ3n) is 7.70. The molecule has 1 amide bonds. The standard InChI is InChI=1S/C26H31N3O5S/c1-18-3-6-21(15-19(18)2)27-9-11-28(12-10-27)35(31,32)22-7-8-24-23(16-22)26(33-13-14-34-26)25(30)29(24)17-20-4-5-20/h3,6-8,15-16,20H,4-5,9-14,17H2,1-2H3. The van der Waals surface area contributed by atoms with E-state index in [1.54, 1.807) is 23.1 Å². The number of aryl methyl sites for hydroxylation is 2. The molecule has 3 heterocycles. The van der Waals surface area contributed by atoms with E-state index < -0.39 is 15.8 Å². The Morgan fingerprint density at radius 1 is 0.943 bits per heavy atom. The Labute approximate surface area is 206 Å². The number of rotatable bonds is 5. The minimum Gasteiger partial charge on any atom is -0.369 e. The van der Waals surface area contributed by atoms with Crippen LogP contribution >= 0.6 is 0 Å². The molecule has 0 N–H and O–H groups in total. The highest BCUT2D eigenvalue weighted by molar-refractivity contribution is 7.89. The first kappa shape index (κ1) is 23.0. The van der Waals surface area contributed by atoms with Crippen LogP contribution in [0.2, 0.25) is 0 Å². The van der Waals surface area contributed by atoms with Gasteiger partial charge in [0.05, 0.1) is 23.8 Å². The third kappa shape index (κ3) is 3.76. The van der Waals surface area contributed by atoms with Crippen molar-refractivity contribution in [3.8, 4) is 0 Å². The molecule has 3 fully saturated rings. The molecule has 1 spiro atoms. The monoisotopic (exact) mass is 497 g/mol. The Kier molecular flexibility index (Phi) is 5.45. The number of hydrogen-bond donors (Lipinski definition) is 0. The molecule has 2 aromatic carbocycles. The molecule has 8 nitrogen and oxygen atoms in total. The zero-order valence-electron chi connectivity index (χ0n) is 20.2. The molecule has 3 aliphatic heterocycles. The predicted octanol–water partition coefficient (Wildman–Crippen LogP) is 2.77. The summed E-state index contributed by atoms with van der Waals surface area (Å²) in [4.78, 5) is 17.5. The summed E-state index contributed by atoms with van der Waals surface area (Å²) in [5.41, 5.74) is 4.80. The lowest BCUT2D eigenvalue weighted by atomic mass is 10.1. The van der Waals surface area contributed by atoms with Crippen LogP contribution in [0.25, 0.3) is 0 Å². The van der Waals surface area contributed by atoms with Gasteiger partial charge in [-0.3, -0.25) is 4.79 Å². The number of amides is 1. The van der Waals surface area contributed by atoms with Gasteiger partial charge in [0.25, 0.3) is 11.7 Å². The summed E-state index contributed by atoms with van der Waals surface area (Å²) < 4.78 is 40.4. The molecular weight excluding hydrogens is 466 g/mol. The van der Waals surface area contributed by atoms with E-state index in [0.29, 0.717) is 63.1 Å². The minimum absolute atomic E-state index is 0.176. The fraction of sp³-hybridized carbons (Fsp3) is 0.500. The average Bonchev–Trinajstić information content (AvgIpc) is 3.50. The number of fused-ring (bicyclic) bond motifs is 2. The maximum Gasteiger partial charge on any atom is 0.292 e. The molecule has 4 aliphatic rings. The highest BCUT2D eigenvalue weighted by Crippen LogP contribution is 2.48. The first-order chi connectivity index (χ1) is 16.8. The molecule has 6 rings (SSSR count). The topological polar surface area (TPSA) is 79.4 Å². The van der Waals surface area contributed by atoms with E-state index in [-0.39, 0.29) is 10.8 Å². The quantitative estimate of drug-likeness (QED) is 0.632. The molecule has 0 radical (unpaired) electrons. The highest BCUT2D eigenvalue weighted by atomic mass is 32.2. The smallest absolute Gasteiger partial charge is 0.292 e. The lowest BCUT2D eigenvalue weighted by molar-refractivity contribution is -0.180. The summed E-state index contributed by atoms with van der Waals surface area (Å²) in [5.74, 6) is -1.27. The maximum absolute atomic E-state index is 13.6. The molecule has 0 aromatic heterocycles. The van der Waals surface area contributed by atoms with Crippen molar-refractivity contribution in [1.29, 1.82) is 0 Å². The van der Waals surface area contributed by atoms with Crippen molar-refractivity contribution >= 4 is 27.3 Å². The molecule has 186 valence electrons. The van der Waals surface area contributed by atoms with E-state index in [1.165, 1.54) is 15.4 Å². The molecule has 35 heavy (non-hydrogen) atoms. The molecule has 1 saturated carbocycles. The van der Waals surface area contributed by atoms with Crippen molar-refractivity contribution in [3.63, 3.8) is 0 Å². The molecular formula is C26H31N3O5S. The summed E-state index contributed by atoms with van der Waals surface area (Å²) in [7, 11) is -3.73. The van der Waals surface area contributed by atoms with Crippen LogP contribution in [0.4, 0.5) is 11.4 Å². The Morgan fingerprint density at radius 3 is 2.31 bits per heavy atom. The average molecular weight is 498 g/mol. The van der Waals surface area contributed by atoms with E-state index in [1.807, 2.05) is 0 Å². The van der Waals surface area contributed by atoms with E-state index in [9.17, 15) is 13.2 Å². The van der Waals surface area contributed by atoms with Crippen LogP contribution in [0.3, 0.4) is 0 Å². The number of nitrogens with zero attached hydrogens (tertiary/aromatic N) is 3. The van der Waals surface area contributed by atoms with Gasteiger partial charge in [-0.05, 0) is 74.1 Å². The Hall–Kier alpha value is -2.46. The van der Waals surface area contributed by atoms with Gasteiger partial charge >= 0.3 is 0 Å². The summed E-state index contributed by atoms with van der Waals surface area (Å²) in [5, 5.41) is 0. The number of ether oxygens (including phenoxy) is 2. The van der Waals surface area contributed by atoms with Crippen molar-refractivity contribution in [3.05, 3.63) is 53.1 Å². The molecule has 2 saturated heterocycles. The molecule has 0 atom stereocenters. The van der Waals surface area contributed by atoms with Gasteiger partial charge in [-0.2, -0.15) is 4.31 Å². The lowest BCUT2D eigenvalue weighted by Gasteiger charge is -2.35. The number of hydrogen-bond acceptors (Lipinski definition) is 6. The van der Waals surface area contributed by atoms with E-state index in [2.05, 4.69) is 36.9 Å². The molecule has 2 aromatic rings. The fourth-order valence-electron chi connectivity index (χ4n) is 5.27. The van der Waals surface area contributed by atoms with Crippen molar-refractivity contribution < 1.29 is 22.7 Å². The second kappa shape index (κ2) is 8.30. The molecule has 0 unspecified atom stereocenters. The van der Waals surface area contributed by atoms with E-state index >= 15 is 0 Å². The Bertz CT molecular complexity index is 1280. The van der Waals surface area contributed by atoms with Gasteiger partial charge in [-0.1, -0.05) is 6.07 Å². The molecule has 0 bridgehead atoms. The largest absolute Gasteiger partial charge is 0.369 e. The minimum atomic E-state index is -3.73. The lowest BCUT2D eigenvalue weighted by Crippen LogP contribution is -2.48. The zero-order valence-corrected chi connectivity index (χ0v) is 21.0. The fourth-order valence-corrected chi connectivity index (χ4v) is 6.72. The number of carbonyl (C=O) groups is 1. The van der Waals surface area contributed by atoms with Gasteiger partial charge in [0.15, 0.2) is 0 Å². The van der Waals surface area contributed by atoms with Crippen LogP contribution in [-0.2, 0) is 30.1 Å². The second-order valence-electron chi connectivity index (χ2n) is 10.0. The van der Waals surface area contributed by atoms with E-state index in [4.69, 9.17) is 9.47 Å². The first-order valence-corrected chi connectivity index (χ1v) is 13.8. The van der Waals surface area contributed by atoms with Crippen molar-refractivity contribution in [1.82, 2.24) is 4.31 Å². The predicted molar refractivity (Wildman–Crippen MR) is 132 cm³/mol. The van der Waals surface area contributed by atoms with Crippen LogP contribution in [-0.4, -0.2) is 64.6 Å². The summed E-state index contributed by atoms with van der Waals surface area (Å²) in [6.45, 7) is 7.45. The normalized spacial score (nSPS) is 22.3. The van der Waals surface area contributed by atoms with Crippen LogP contribution < -0.4 is 9.80 Å². The van der Waals surface area contributed by atoms with Crippen LogP contribution in [0.5, 0.6) is 0 Å². The number of benzene rings is 2. The van der Waals surface area contributed by atoms with Gasteiger partial charge in [-0.25, -0.2) is 8.42 Å². The third-order valence-corrected chi connectivity index (χ3v) is 9.60. The first-order valence-electron chi connectivity index (χ1n) is 12.4. The van der Waals surface area contributed by atoms with Crippen LogP contribution in [0, 0.1) is 19.8 Å². The number of carbonyl (C=O) groups excluding carboxylic acids is 1. The van der Waals surface area contributed by atoms with Crippen molar-refractivity contribution in [2.24, 2.45) is 5.92 Å². The van der Waals surface area contributed by atoms with Gasteiger partial charge in [0, 0.05) is 44.0 Å². The Morgan fingerprint density at radius 2 is 1.66 bits per heavy atom. The van der Waals surface area contributed by atoms with Crippen LogP contribution in [0.15, 0.2) is 41.3 Å². The van der Waals surface area contributed by atoms with Crippen LogP contribution in [0.1, 0.15) is 29.5 Å². The SMILES string of the molecule is Cc1ccc(N2CCN(S(=O)(=O)c3ccc4c(c3)C3(OCCO3)C(=O)N4CC3CC3)CC2)cc1C. The van der Waals surface area contributed by atoms with E-state index in [0.717, 1.165) is 18.5 Å². The number of piperazine rings is 1. The summed E-state index contributed by atoms with van der Waals surface area (Å²) in [6, 6.07) is 11.3. The molecule has 1 aliphatic carbocycles. The van der Waals surface area contributed by atoms with Crippen molar-refractivity contribution in [2.75, 3.05) is 55.7 Å².